The molecule has 2 rings (SSSR count). The van der Waals surface area contributed by atoms with E-state index in [4.69, 9.17) is 4.74 Å². The summed E-state index contributed by atoms with van der Waals surface area (Å²) in [5.41, 5.74) is 2.17. The minimum Gasteiger partial charge on any atom is -0.508 e. The van der Waals surface area contributed by atoms with Gasteiger partial charge in [-0.3, -0.25) is 0 Å². The molecule has 21 heavy (non-hydrogen) atoms. The van der Waals surface area contributed by atoms with Gasteiger partial charge in [0.1, 0.15) is 18.1 Å². The lowest BCUT2D eigenvalue weighted by molar-refractivity contribution is 0.122. The summed E-state index contributed by atoms with van der Waals surface area (Å²) in [5, 5.41) is 18.6. The van der Waals surface area contributed by atoms with Crippen molar-refractivity contribution in [3.05, 3.63) is 72.3 Å². The van der Waals surface area contributed by atoms with Crippen LogP contribution in [-0.4, -0.2) is 22.9 Å². The summed E-state index contributed by atoms with van der Waals surface area (Å²) in [6.45, 7) is 5.86. The van der Waals surface area contributed by atoms with E-state index in [0.717, 1.165) is 16.9 Å². The fourth-order valence-corrected chi connectivity index (χ4v) is 2.13. The molecule has 0 fully saturated rings. The van der Waals surface area contributed by atoms with E-state index in [1.54, 1.807) is 19.1 Å². The molecule has 0 spiro atoms. The van der Waals surface area contributed by atoms with Crippen molar-refractivity contribution in [2.75, 3.05) is 6.61 Å². The first-order valence-electron chi connectivity index (χ1n) is 6.92. The summed E-state index contributed by atoms with van der Waals surface area (Å²) in [7, 11) is 0. The van der Waals surface area contributed by atoms with Crippen LogP contribution in [-0.2, 0) is 0 Å². The van der Waals surface area contributed by atoms with E-state index in [1.165, 1.54) is 0 Å². The average molecular weight is 284 g/mol. The molecule has 2 N–H and O–H groups in total. The van der Waals surface area contributed by atoms with Gasteiger partial charge in [-0.1, -0.05) is 30.3 Å². The highest BCUT2D eigenvalue weighted by Gasteiger charge is 2.10. The number of phenolic OH excluding ortho intramolecular Hbond substituents is 1. The summed E-state index contributed by atoms with van der Waals surface area (Å²) in [6.07, 6.45) is 1.39. The number of aliphatic hydroxyl groups excluding tert-OH is 1. The van der Waals surface area contributed by atoms with Crippen LogP contribution in [0, 0.1) is 0 Å². The summed E-state index contributed by atoms with van der Waals surface area (Å²) in [4.78, 5) is 0. The Kier molecular flexibility index (Phi) is 5.01. The maximum Gasteiger partial charge on any atom is 0.119 e. The van der Waals surface area contributed by atoms with Crippen LogP contribution in [0.1, 0.15) is 24.0 Å². The van der Waals surface area contributed by atoms with Gasteiger partial charge in [0.25, 0.3) is 0 Å². The summed E-state index contributed by atoms with van der Waals surface area (Å²) in [5.74, 6) is 1.05. The molecule has 0 amide bonds. The highest BCUT2D eigenvalue weighted by Crippen LogP contribution is 2.28. The van der Waals surface area contributed by atoms with Gasteiger partial charge in [-0.25, -0.2) is 0 Å². The zero-order valence-corrected chi connectivity index (χ0v) is 12.1. The van der Waals surface area contributed by atoms with Crippen molar-refractivity contribution in [3.8, 4) is 11.5 Å². The lowest BCUT2D eigenvalue weighted by Gasteiger charge is -2.15. The molecule has 3 heteroatoms. The maximum absolute atomic E-state index is 9.36. The Morgan fingerprint density at radius 2 is 1.57 bits per heavy atom. The van der Waals surface area contributed by atoms with Crippen molar-refractivity contribution >= 4 is 0 Å². The first kappa shape index (κ1) is 15.1. The fourth-order valence-electron chi connectivity index (χ4n) is 2.13. The van der Waals surface area contributed by atoms with E-state index in [0.29, 0.717) is 0 Å². The van der Waals surface area contributed by atoms with Crippen molar-refractivity contribution in [3.63, 3.8) is 0 Å². The van der Waals surface area contributed by atoms with Crippen LogP contribution in [0.4, 0.5) is 0 Å². The van der Waals surface area contributed by atoms with Crippen LogP contribution in [0.2, 0.25) is 0 Å². The predicted molar refractivity (Wildman–Crippen MR) is 83.8 cm³/mol. The fraction of sp³-hybridized carbons (Fsp3) is 0.222. The summed E-state index contributed by atoms with van der Waals surface area (Å²) in [6, 6.07) is 14.9. The van der Waals surface area contributed by atoms with Gasteiger partial charge in [-0.2, -0.15) is 0 Å². The topological polar surface area (TPSA) is 49.7 Å². The van der Waals surface area contributed by atoms with Crippen LogP contribution in [0.25, 0.3) is 0 Å². The zero-order valence-electron chi connectivity index (χ0n) is 12.1. The number of benzene rings is 2. The highest BCUT2D eigenvalue weighted by molar-refractivity contribution is 5.40. The molecule has 0 saturated heterocycles. The molecule has 0 aliphatic carbocycles. The molecule has 0 heterocycles. The minimum atomic E-state index is -0.484. The molecule has 2 aromatic rings. The largest absolute Gasteiger partial charge is 0.508 e. The van der Waals surface area contributed by atoms with Crippen molar-refractivity contribution in [2.45, 2.75) is 18.9 Å². The molecule has 0 saturated carbocycles. The van der Waals surface area contributed by atoms with Gasteiger partial charge in [-0.15, -0.1) is 6.58 Å². The van der Waals surface area contributed by atoms with Crippen molar-refractivity contribution in [2.24, 2.45) is 0 Å². The van der Waals surface area contributed by atoms with Crippen LogP contribution in [0.5, 0.6) is 11.5 Å². The first-order valence-corrected chi connectivity index (χ1v) is 6.92. The quantitative estimate of drug-likeness (QED) is 0.799. The third kappa shape index (κ3) is 4.10. The van der Waals surface area contributed by atoms with Gasteiger partial charge in [0.2, 0.25) is 0 Å². The molecular weight excluding hydrogens is 264 g/mol. The molecule has 0 radical (unpaired) electrons. The number of allylic oxidation sites excluding steroid dienone is 1. The van der Waals surface area contributed by atoms with E-state index >= 15 is 0 Å². The van der Waals surface area contributed by atoms with E-state index in [9.17, 15) is 10.2 Å². The Balaban J connectivity index is 2.15. The Morgan fingerprint density at radius 3 is 2.05 bits per heavy atom. The Bertz CT molecular complexity index is 570. The molecule has 3 nitrogen and oxygen atoms in total. The van der Waals surface area contributed by atoms with Gasteiger partial charge in [-0.05, 0) is 42.3 Å². The number of hydrogen-bond donors (Lipinski definition) is 2. The third-order valence-electron chi connectivity index (χ3n) is 3.22. The SMILES string of the molecule is C=CC(c1ccc(O)cc1)c1ccc(OCC(C)O)cc1. The Morgan fingerprint density at radius 1 is 1.05 bits per heavy atom. The van der Waals surface area contributed by atoms with E-state index in [-0.39, 0.29) is 18.3 Å². The Labute approximate surface area is 125 Å². The van der Waals surface area contributed by atoms with Gasteiger partial charge in [0, 0.05) is 5.92 Å². The number of aliphatic hydroxyl groups is 1. The molecule has 0 aliphatic rings. The smallest absolute Gasteiger partial charge is 0.119 e. The second-order valence-corrected chi connectivity index (χ2v) is 5.03. The maximum atomic E-state index is 9.36. The highest BCUT2D eigenvalue weighted by atomic mass is 16.5. The lowest BCUT2D eigenvalue weighted by Crippen LogP contribution is -2.12. The van der Waals surface area contributed by atoms with E-state index in [1.807, 2.05) is 42.5 Å². The number of aromatic hydroxyl groups is 1. The summed E-state index contributed by atoms with van der Waals surface area (Å²) < 4.78 is 5.45. The molecule has 0 aliphatic heterocycles. The van der Waals surface area contributed by atoms with Crippen molar-refractivity contribution in [1.29, 1.82) is 0 Å². The number of hydrogen-bond acceptors (Lipinski definition) is 3. The van der Waals surface area contributed by atoms with Crippen LogP contribution in [0.15, 0.2) is 61.2 Å². The van der Waals surface area contributed by atoms with Crippen LogP contribution >= 0.6 is 0 Å². The average Bonchev–Trinajstić information content (AvgIpc) is 2.49. The van der Waals surface area contributed by atoms with Gasteiger partial charge >= 0.3 is 0 Å². The number of ether oxygens (including phenoxy) is 1. The van der Waals surface area contributed by atoms with E-state index < -0.39 is 6.10 Å². The first-order chi connectivity index (χ1) is 10.1. The molecule has 2 aromatic carbocycles. The van der Waals surface area contributed by atoms with Crippen LogP contribution in [0.3, 0.4) is 0 Å². The standard InChI is InChI=1S/C18H20O3/c1-3-18(14-4-8-16(20)9-5-14)15-6-10-17(11-7-15)21-12-13(2)19/h3-11,13,18-20H,1,12H2,2H3. The zero-order chi connectivity index (χ0) is 15.2. The van der Waals surface area contributed by atoms with Gasteiger partial charge in [0.05, 0.1) is 6.10 Å². The van der Waals surface area contributed by atoms with Crippen LogP contribution < -0.4 is 4.74 Å². The normalized spacial score (nSPS) is 13.4. The minimum absolute atomic E-state index is 0.0661. The molecular formula is C18H20O3. The van der Waals surface area contributed by atoms with Gasteiger partial charge < -0.3 is 14.9 Å². The molecule has 0 aromatic heterocycles. The predicted octanol–water partition coefficient (Wildman–Crippen LogP) is 3.47. The molecule has 0 bridgehead atoms. The summed E-state index contributed by atoms with van der Waals surface area (Å²) >= 11 is 0. The van der Waals surface area contributed by atoms with Crippen molar-refractivity contribution < 1.29 is 14.9 Å². The molecule has 110 valence electrons. The second-order valence-electron chi connectivity index (χ2n) is 5.03. The number of phenols is 1. The lowest BCUT2D eigenvalue weighted by atomic mass is 9.91. The number of rotatable bonds is 6. The second kappa shape index (κ2) is 6.95. The molecule has 2 atom stereocenters. The molecule has 2 unspecified atom stereocenters. The van der Waals surface area contributed by atoms with Gasteiger partial charge in [0.15, 0.2) is 0 Å². The monoisotopic (exact) mass is 284 g/mol. The third-order valence-corrected chi connectivity index (χ3v) is 3.22. The Hall–Kier alpha value is -2.26. The van der Waals surface area contributed by atoms with Crippen molar-refractivity contribution in [1.82, 2.24) is 0 Å². The van der Waals surface area contributed by atoms with E-state index in [2.05, 4.69) is 6.58 Å².